The lowest BCUT2D eigenvalue weighted by atomic mass is 10.2. The standard InChI is InChI=1S/C22H28ClN3O5S/c1-16(15-26-9-11-31-12-10-26)25-22(27)18-5-8-20(30-2)21(13-18)32(28,29)24-14-17-3-6-19(23)7-4-17/h3-8,13,16,24H,9-12,14-15H2,1-2H3,(H,25,27). The molecule has 1 heterocycles. The number of carbonyl (C=O) groups excluding carboxylic acids is 1. The lowest BCUT2D eigenvalue weighted by Crippen LogP contribution is -2.46. The molecule has 32 heavy (non-hydrogen) atoms. The van der Waals surface area contributed by atoms with Gasteiger partial charge in [0.05, 0.1) is 20.3 Å². The molecule has 0 aromatic heterocycles. The summed E-state index contributed by atoms with van der Waals surface area (Å²) in [6, 6.07) is 11.1. The molecule has 1 fully saturated rings. The second kappa shape index (κ2) is 11.1. The van der Waals surface area contributed by atoms with Crippen molar-refractivity contribution >= 4 is 27.5 Å². The number of halogens is 1. The van der Waals surface area contributed by atoms with Crippen LogP contribution in [0, 0.1) is 0 Å². The van der Waals surface area contributed by atoms with Crippen LogP contribution in [0.1, 0.15) is 22.8 Å². The van der Waals surface area contributed by atoms with Gasteiger partial charge in [0.1, 0.15) is 10.6 Å². The van der Waals surface area contributed by atoms with Gasteiger partial charge in [-0.2, -0.15) is 0 Å². The number of carbonyl (C=O) groups is 1. The number of hydrogen-bond acceptors (Lipinski definition) is 6. The molecule has 1 aliphatic heterocycles. The van der Waals surface area contributed by atoms with Crippen molar-refractivity contribution in [2.45, 2.75) is 24.4 Å². The summed E-state index contributed by atoms with van der Waals surface area (Å²) in [7, 11) is -2.54. The molecule has 1 aliphatic rings. The van der Waals surface area contributed by atoms with Gasteiger partial charge < -0.3 is 14.8 Å². The molecular formula is C22H28ClN3O5S. The summed E-state index contributed by atoms with van der Waals surface area (Å²) in [6.07, 6.45) is 0. The van der Waals surface area contributed by atoms with Crippen LogP contribution in [0.15, 0.2) is 47.4 Å². The van der Waals surface area contributed by atoms with Gasteiger partial charge in [0.25, 0.3) is 5.91 Å². The summed E-state index contributed by atoms with van der Waals surface area (Å²) in [5, 5.41) is 3.50. The Morgan fingerprint density at radius 3 is 2.53 bits per heavy atom. The number of nitrogens with one attached hydrogen (secondary N) is 2. The van der Waals surface area contributed by atoms with E-state index in [1.54, 1.807) is 30.3 Å². The van der Waals surface area contributed by atoms with Crippen LogP contribution in [0.3, 0.4) is 0 Å². The predicted molar refractivity (Wildman–Crippen MR) is 123 cm³/mol. The topological polar surface area (TPSA) is 97.0 Å². The Bertz CT molecular complexity index is 1020. The van der Waals surface area contributed by atoms with E-state index < -0.39 is 10.0 Å². The van der Waals surface area contributed by atoms with Gasteiger partial charge in [-0.3, -0.25) is 9.69 Å². The number of benzene rings is 2. The van der Waals surface area contributed by atoms with E-state index in [0.29, 0.717) is 24.8 Å². The van der Waals surface area contributed by atoms with Crippen LogP contribution in [0.2, 0.25) is 5.02 Å². The van der Waals surface area contributed by atoms with Crippen molar-refractivity contribution in [1.29, 1.82) is 0 Å². The summed E-state index contributed by atoms with van der Waals surface area (Å²) in [5.74, 6) is -0.186. The smallest absolute Gasteiger partial charge is 0.251 e. The highest BCUT2D eigenvalue weighted by Crippen LogP contribution is 2.25. The molecule has 1 saturated heterocycles. The largest absolute Gasteiger partial charge is 0.495 e. The molecule has 10 heteroatoms. The quantitative estimate of drug-likeness (QED) is 0.570. The third-order valence-electron chi connectivity index (χ3n) is 5.11. The summed E-state index contributed by atoms with van der Waals surface area (Å²) >= 11 is 5.87. The van der Waals surface area contributed by atoms with Crippen molar-refractivity contribution in [3.05, 3.63) is 58.6 Å². The van der Waals surface area contributed by atoms with E-state index in [0.717, 1.165) is 18.7 Å². The first kappa shape index (κ1) is 24.5. The number of sulfonamides is 1. The Morgan fingerprint density at radius 2 is 1.88 bits per heavy atom. The molecule has 0 spiro atoms. The minimum atomic E-state index is -3.93. The zero-order valence-electron chi connectivity index (χ0n) is 18.1. The monoisotopic (exact) mass is 481 g/mol. The summed E-state index contributed by atoms with van der Waals surface area (Å²) in [4.78, 5) is 14.9. The van der Waals surface area contributed by atoms with Gasteiger partial charge >= 0.3 is 0 Å². The molecule has 3 rings (SSSR count). The number of morpholine rings is 1. The average molecular weight is 482 g/mol. The Kier molecular flexibility index (Phi) is 8.50. The van der Waals surface area contributed by atoms with Gasteiger partial charge in [-0.05, 0) is 42.8 Å². The van der Waals surface area contributed by atoms with Crippen molar-refractivity contribution in [1.82, 2.24) is 14.9 Å². The molecule has 174 valence electrons. The SMILES string of the molecule is COc1ccc(C(=O)NC(C)CN2CCOCC2)cc1S(=O)(=O)NCc1ccc(Cl)cc1. The summed E-state index contributed by atoms with van der Waals surface area (Å²) in [6.45, 7) is 5.71. The second-order valence-electron chi connectivity index (χ2n) is 7.60. The molecule has 0 radical (unpaired) electrons. The maximum Gasteiger partial charge on any atom is 0.251 e. The molecular weight excluding hydrogens is 454 g/mol. The number of nitrogens with zero attached hydrogens (tertiary/aromatic N) is 1. The van der Waals surface area contributed by atoms with E-state index in [2.05, 4.69) is 14.9 Å². The number of ether oxygens (including phenoxy) is 2. The molecule has 2 aromatic rings. The first-order valence-electron chi connectivity index (χ1n) is 10.3. The zero-order valence-corrected chi connectivity index (χ0v) is 19.7. The first-order chi connectivity index (χ1) is 15.3. The van der Waals surface area contributed by atoms with E-state index in [4.69, 9.17) is 21.1 Å². The van der Waals surface area contributed by atoms with Crippen LogP contribution < -0.4 is 14.8 Å². The van der Waals surface area contributed by atoms with E-state index in [-0.39, 0.29) is 34.7 Å². The lowest BCUT2D eigenvalue weighted by Gasteiger charge is -2.29. The van der Waals surface area contributed by atoms with Crippen LogP contribution in [0.25, 0.3) is 0 Å². The Balaban J connectivity index is 1.70. The zero-order chi connectivity index (χ0) is 23.1. The third kappa shape index (κ3) is 6.66. The number of amides is 1. The van der Waals surface area contributed by atoms with Crippen molar-refractivity contribution < 1.29 is 22.7 Å². The molecule has 1 atom stereocenters. The third-order valence-corrected chi connectivity index (χ3v) is 6.78. The van der Waals surface area contributed by atoms with Gasteiger partial charge in [0, 0.05) is 42.8 Å². The summed E-state index contributed by atoms with van der Waals surface area (Å²) < 4.78 is 39.0. The van der Waals surface area contributed by atoms with Crippen LogP contribution in [-0.4, -0.2) is 65.2 Å². The van der Waals surface area contributed by atoms with Crippen LogP contribution in [-0.2, 0) is 21.3 Å². The molecule has 2 aromatic carbocycles. The van der Waals surface area contributed by atoms with E-state index in [9.17, 15) is 13.2 Å². The molecule has 1 unspecified atom stereocenters. The number of methoxy groups -OCH3 is 1. The highest BCUT2D eigenvalue weighted by molar-refractivity contribution is 7.89. The van der Waals surface area contributed by atoms with Gasteiger partial charge in [0.2, 0.25) is 10.0 Å². The molecule has 8 nitrogen and oxygen atoms in total. The van der Waals surface area contributed by atoms with E-state index in [1.807, 2.05) is 6.92 Å². The Labute approximate surface area is 193 Å². The maximum absolute atomic E-state index is 12.9. The number of hydrogen-bond donors (Lipinski definition) is 2. The lowest BCUT2D eigenvalue weighted by molar-refractivity contribution is 0.0342. The van der Waals surface area contributed by atoms with Gasteiger partial charge in [-0.25, -0.2) is 13.1 Å². The fourth-order valence-corrected chi connectivity index (χ4v) is 4.75. The number of rotatable bonds is 9. The fourth-order valence-electron chi connectivity index (χ4n) is 3.41. The minimum Gasteiger partial charge on any atom is -0.495 e. The normalized spacial score (nSPS) is 15.8. The van der Waals surface area contributed by atoms with Crippen molar-refractivity contribution in [3.63, 3.8) is 0 Å². The van der Waals surface area contributed by atoms with Gasteiger partial charge in [-0.15, -0.1) is 0 Å². The highest BCUT2D eigenvalue weighted by Gasteiger charge is 2.23. The van der Waals surface area contributed by atoms with Crippen molar-refractivity contribution in [3.8, 4) is 5.75 Å². The molecule has 0 saturated carbocycles. The average Bonchev–Trinajstić information content (AvgIpc) is 2.79. The second-order valence-corrected chi connectivity index (χ2v) is 9.78. The van der Waals surface area contributed by atoms with Gasteiger partial charge in [0.15, 0.2) is 0 Å². The minimum absolute atomic E-state index is 0.0790. The first-order valence-corrected chi connectivity index (χ1v) is 12.2. The Hall–Kier alpha value is -2.17. The van der Waals surface area contributed by atoms with Crippen LogP contribution in [0.5, 0.6) is 5.75 Å². The maximum atomic E-state index is 12.9. The van der Waals surface area contributed by atoms with E-state index in [1.165, 1.54) is 19.2 Å². The highest BCUT2D eigenvalue weighted by atomic mass is 35.5. The van der Waals surface area contributed by atoms with E-state index >= 15 is 0 Å². The summed E-state index contributed by atoms with van der Waals surface area (Å²) in [5.41, 5.74) is 0.995. The Morgan fingerprint density at radius 1 is 1.19 bits per heavy atom. The van der Waals surface area contributed by atoms with Crippen LogP contribution in [0.4, 0.5) is 0 Å². The fraction of sp³-hybridized carbons (Fsp3) is 0.409. The predicted octanol–water partition coefficient (Wildman–Crippen LogP) is 2.28. The molecule has 1 amide bonds. The van der Waals surface area contributed by atoms with Gasteiger partial charge in [-0.1, -0.05) is 23.7 Å². The molecule has 0 aliphatic carbocycles. The molecule has 2 N–H and O–H groups in total. The molecule has 0 bridgehead atoms. The van der Waals surface area contributed by atoms with Crippen molar-refractivity contribution in [2.75, 3.05) is 40.0 Å². The van der Waals surface area contributed by atoms with Crippen molar-refractivity contribution in [2.24, 2.45) is 0 Å². The van der Waals surface area contributed by atoms with Crippen LogP contribution >= 0.6 is 11.6 Å².